The van der Waals surface area contributed by atoms with Crippen LogP contribution in [0, 0.1) is 0 Å². The Morgan fingerprint density at radius 2 is 1.73 bits per heavy atom. The summed E-state index contributed by atoms with van der Waals surface area (Å²) in [4.78, 5) is 13.4. The predicted octanol–water partition coefficient (Wildman–Crippen LogP) is 6.01. The summed E-state index contributed by atoms with van der Waals surface area (Å²) in [5.41, 5.74) is 2.08. The number of carbonyl (C=O) groups is 1. The van der Waals surface area contributed by atoms with E-state index in [0.717, 1.165) is 42.6 Å². The zero-order chi connectivity index (χ0) is 21.2. The van der Waals surface area contributed by atoms with Crippen LogP contribution >= 0.6 is 11.9 Å². The highest BCUT2D eigenvalue weighted by Gasteiger charge is 2.18. The van der Waals surface area contributed by atoms with E-state index in [4.69, 9.17) is 14.6 Å². The summed E-state index contributed by atoms with van der Waals surface area (Å²) < 4.78 is 11.6. The number of unbranched alkanes of at least 4 members (excludes halogenated alkanes) is 1. The highest BCUT2D eigenvalue weighted by molar-refractivity contribution is 7.97. The summed E-state index contributed by atoms with van der Waals surface area (Å²) >= 11 is 1.04. The lowest BCUT2D eigenvalue weighted by Gasteiger charge is -2.17. The van der Waals surface area contributed by atoms with Gasteiger partial charge in [-0.25, -0.2) is 4.79 Å². The van der Waals surface area contributed by atoms with Crippen LogP contribution in [0.4, 0.5) is 5.69 Å². The highest BCUT2D eigenvalue weighted by Crippen LogP contribution is 2.39. The number of nitrogens with one attached hydrogen (secondary N) is 1. The Balaban J connectivity index is 1.86. The maximum atomic E-state index is 12.7. The summed E-state index contributed by atoms with van der Waals surface area (Å²) in [6.07, 6.45) is 2.05. The minimum Gasteiger partial charge on any atom is -0.457 e. The first-order chi connectivity index (χ1) is 14.7. The lowest BCUT2D eigenvalue weighted by Crippen LogP contribution is -2.09. The second-order valence-corrected chi connectivity index (χ2v) is 7.40. The zero-order valence-corrected chi connectivity index (χ0v) is 17.8. The summed E-state index contributed by atoms with van der Waals surface area (Å²) in [6, 6.07) is 22.6. The molecule has 0 aliphatic heterocycles. The van der Waals surface area contributed by atoms with Gasteiger partial charge in [-0.1, -0.05) is 61.9 Å². The molecular formula is C24H26N2O3S. The Labute approximate surface area is 181 Å². The molecule has 3 N–H and O–H groups in total. The fourth-order valence-electron chi connectivity index (χ4n) is 2.86. The molecule has 0 heterocycles. The van der Waals surface area contributed by atoms with Crippen LogP contribution in [0.3, 0.4) is 0 Å². The number of carbonyl (C=O) groups excluding carboxylic acids is 1. The van der Waals surface area contributed by atoms with E-state index < -0.39 is 5.97 Å². The average Bonchev–Trinajstić information content (AvgIpc) is 2.79. The van der Waals surface area contributed by atoms with Crippen molar-refractivity contribution in [1.29, 1.82) is 0 Å². The molecule has 0 bridgehead atoms. The molecule has 3 aromatic carbocycles. The van der Waals surface area contributed by atoms with Crippen LogP contribution in [0.25, 0.3) is 0 Å². The number of nitrogens with two attached hydrogens (primary N) is 1. The van der Waals surface area contributed by atoms with E-state index in [1.54, 1.807) is 12.1 Å². The lowest BCUT2D eigenvalue weighted by molar-refractivity contribution is 0.0472. The number of esters is 1. The first-order valence-electron chi connectivity index (χ1n) is 9.94. The Morgan fingerprint density at radius 1 is 1.03 bits per heavy atom. The Kier molecular flexibility index (Phi) is 8.18. The van der Waals surface area contributed by atoms with E-state index in [1.807, 2.05) is 60.7 Å². The van der Waals surface area contributed by atoms with Gasteiger partial charge in [0.25, 0.3) is 0 Å². The molecule has 0 aliphatic rings. The van der Waals surface area contributed by atoms with Gasteiger partial charge in [-0.15, -0.1) is 0 Å². The second kappa shape index (κ2) is 11.3. The topological polar surface area (TPSA) is 73.6 Å². The molecule has 5 nitrogen and oxygen atoms in total. The predicted molar refractivity (Wildman–Crippen MR) is 122 cm³/mol. The Hall–Kier alpha value is -2.96. The van der Waals surface area contributed by atoms with Crippen LogP contribution in [0.15, 0.2) is 77.7 Å². The van der Waals surface area contributed by atoms with Crippen molar-refractivity contribution in [3.8, 4) is 11.5 Å². The van der Waals surface area contributed by atoms with E-state index in [0.29, 0.717) is 22.0 Å². The molecule has 0 saturated carbocycles. The van der Waals surface area contributed by atoms with Gasteiger partial charge in [0.2, 0.25) is 0 Å². The number of anilines is 1. The van der Waals surface area contributed by atoms with Crippen molar-refractivity contribution in [1.82, 2.24) is 0 Å². The summed E-state index contributed by atoms with van der Waals surface area (Å²) in [6.45, 7) is 3.10. The van der Waals surface area contributed by atoms with Gasteiger partial charge in [0, 0.05) is 6.54 Å². The third-order valence-electron chi connectivity index (χ3n) is 4.44. The molecule has 0 spiro atoms. The molecule has 0 aliphatic carbocycles. The first kappa shape index (κ1) is 21.7. The van der Waals surface area contributed by atoms with E-state index in [-0.39, 0.29) is 6.61 Å². The van der Waals surface area contributed by atoms with Gasteiger partial charge in [0.15, 0.2) is 5.75 Å². The number of hydrogen-bond acceptors (Lipinski definition) is 6. The van der Waals surface area contributed by atoms with Gasteiger partial charge in [0.05, 0.1) is 16.1 Å². The van der Waals surface area contributed by atoms with Crippen LogP contribution in [0.2, 0.25) is 0 Å². The third-order valence-corrected chi connectivity index (χ3v) is 5.00. The molecule has 3 rings (SSSR count). The molecule has 0 amide bonds. The Morgan fingerprint density at radius 3 is 2.40 bits per heavy atom. The maximum Gasteiger partial charge on any atom is 0.338 e. The SMILES string of the molecule is CCCCNc1cc(C(=O)OCc2ccccc2)cc(SN)c1Oc1ccccc1. The monoisotopic (exact) mass is 422 g/mol. The maximum absolute atomic E-state index is 12.7. The molecular weight excluding hydrogens is 396 g/mol. The van der Waals surface area contributed by atoms with Crippen molar-refractivity contribution in [3.63, 3.8) is 0 Å². The van der Waals surface area contributed by atoms with Gasteiger partial charge in [-0.05, 0) is 48.2 Å². The van der Waals surface area contributed by atoms with Crippen molar-refractivity contribution in [2.45, 2.75) is 31.3 Å². The van der Waals surface area contributed by atoms with Crippen molar-refractivity contribution < 1.29 is 14.3 Å². The van der Waals surface area contributed by atoms with Crippen molar-refractivity contribution in [2.24, 2.45) is 5.14 Å². The number of rotatable bonds is 10. The van der Waals surface area contributed by atoms with E-state index >= 15 is 0 Å². The second-order valence-electron chi connectivity index (χ2n) is 6.73. The normalized spacial score (nSPS) is 10.5. The molecule has 156 valence electrons. The number of para-hydroxylation sites is 1. The lowest BCUT2D eigenvalue weighted by atomic mass is 10.1. The summed E-state index contributed by atoms with van der Waals surface area (Å²) in [5, 5.41) is 9.30. The quantitative estimate of drug-likeness (QED) is 0.237. The van der Waals surface area contributed by atoms with Crippen LogP contribution in [0.5, 0.6) is 11.5 Å². The summed E-state index contributed by atoms with van der Waals surface area (Å²) in [5.74, 6) is 0.897. The summed E-state index contributed by atoms with van der Waals surface area (Å²) in [7, 11) is 0. The van der Waals surface area contributed by atoms with Crippen molar-refractivity contribution in [2.75, 3.05) is 11.9 Å². The highest BCUT2D eigenvalue weighted by atomic mass is 32.2. The molecule has 0 aromatic heterocycles. The number of ether oxygens (including phenoxy) is 2. The van der Waals surface area contributed by atoms with E-state index in [9.17, 15) is 4.79 Å². The Bertz CT molecular complexity index is 949. The number of benzene rings is 3. The fourth-order valence-corrected chi connectivity index (χ4v) is 3.31. The van der Waals surface area contributed by atoms with Gasteiger partial charge < -0.3 is 14.8 Å². The van der Waals surface area contributed by atoms with E-state index in [1.165, 1.54) is 0 Å². The minimum absolute atomic E-state index is 0.214. The van der Waals surface area contributed by atoms with Gasteiger partial charge >= 0.3 is 5.97 Å². The minimum atomic E-state index is -0.404. The van der Waals surface area contributed by atoms with Crippen LogP contribution in [-0.2, 0) is 11.3 Å². The average molecular weight is 423 g/mol. The van der Waals surface area contributed by atoms with Gasteiger partial charge in [-0.3, -0.25) is 5.14 Å². The van der Waals surface area contributed by atoms with Crippen molar-refractivity contribution >= 4 is 23.6 Å². The van der Waals surface area contributed by atoms with Crippen LogP contribution in [-0.4, -0.2) is 12.5 Å². The van der Waals surface area contributed by atoms with E-state index in [2.05, 4.69) is 12.2 Å². The molecule has 3 aromatic rings. The van der Waals surface area contributed by atoms with Crippen molar-refractivity contribution in [3.05, 3.63) is 83.9 Å². The fraction of sp³-hybridized carbons (Fsp3) is 0.208. The first-order valence-corrected chi connectivity index (χ1v) is 10.8. The standard InChI is InChI=1S/C24H26N2O3S/c1-2-3-14-26-21-15-19(24(27)28-17-18-10-6-4-7-11-18)16-22(30-25)23(21)29-20-12-8-5-9-13-20/h4-13,15-16,26H,2-3,14,17,25H2,1H3. The molecule has 0 atom stereocenters. The van der Waals surface area contributed by atoms with Crippen LogP contribution in [0.1, 0.15) is 35.7 Å². The zero-order valence-electron chi connectivity index (χ0n) is 17.0. The van der Waals surface area contributed by atoms with Crippen LogP contribution < -0.4 is 15.2 Å². The third kappa shape index (κ3) is 6.02. The number of hydrogen-bond donors (Lipinski definition) is 2. The largest absolute Gasteiger partial charge is 0.457 e. The van der Waals surface area contributed by atoms with Gasteiger partial charge in [0.1, 0.15) is 12.4 Å². The van der Waals surface area contributed by atoms with Gasteiger partial charge in [-0.2, -0.15) is 0 Å². The molecule has 0 fully saturated rings. The molecule has 6 heteroatoms. The molecule has 30 heavy (non-hydrogen) atoms. The molecule has 0 saturated heterocycles. The molecule has 0 unspecified atom stereocenters. The molecule has 0 radical (unpaired) electrons. The smallest absolute Gasteiger partial charge is 0.338 e.